The van der Waals surface area contributed by atoms with E-state index < -0.39 is 0 Å². The summed E-state index contributed by atoms with van der Waals surface area (Å²) in [6.07, 6.45) is 3.39. The van der Waals surface area contributed by atoms with Crippen LogP contribution in [-0.4, -0.2) is 16.7 Å². The first-order valence-electron chi connectivity index (χ1n) is 3.54. The highest BCUT2D eigenvalue weighted by atomic mass is 79.9. The Labute approximate surface area is 74.4 Å². The monoisotopic (exact) mass is 215 g/mol. The van der Waals surface area contributed by atoms with Crippen LogP contribution in [0, 0.1) is 0 Å². The number of nitrogens with zero attached hydrogens (tertiary/aromatic N) is 1. The zero-order valence-corrected chi connectivity index (χ0v) is 7.71. The Morgan fingerprint density at radius 1 is 1.55 bits per heavy atom. The maximum atomic E-state index is 8.56. The van der Waals surface area contributed by atoms with E-state index >= 15 is 0 Å². The van der Waals surface area contributed by atoms with Crippen molar-refractivity contribution in [2.45, 2.75) is 12.8 Å². The summed E-state index contributed by atoms with van der Waals surface area (Å²) in [6.45, 7) is 0.230. The molecule has 0 aromatic carbocycles. The molecule has 1 aromatic rings. The van der Waals surface area contributed by atoms with Gasteiger partial charge in [-0.15, -0.1) is 0 Å². The molecule has 0 bridgehead atoms. The van der Waals surface area contributed by atoms with Crippen molar-refractivity contribution in [3.05, 3.63) is 28.5 Å². The summed E-state index contributed by atoms with van der Waals surface area (Å²) < 4.78 is 1.04. The van der Waals surface area contributed by atoms with Crippen molar-refractivity contribution in [2.75, 3.05) is 6.61 Å². The van der Waals surface area contributed by atoms with Crippen LogP contribution < -0.4 is 0 Å². The molecular weight excluding hydrogens is 206 g/mol. The number of halogens is 1. The summed E-state index contributed by atoms with van der Waals surface area (Å²) in [7, 11) is 0. The fraction of sp³-hybridized carbons (Fsp3) is 0.375. The second-order valence-corrected chi connectivity index (χ2v) is 3.21. The summed E-state index contributed by atoms with van der Waals surface area (Å²) in [6, 6.07) is 3.86. The van der Waals surface area contributed by atoms with Gasteiger partial charge in [0, 0.05) is 23.0 Å². The van der Waals surface area contributed by atoms with Crippen molar-refractivity contribution >= 4 is 15.9 Å². The lowest BCUT2D eigenvalue weighted by molar-refractivity contribution is 0.288. The van der Waals surface area contributed by atoms with Gasteiger partial charge in [-0.05, 0) is 25.0 Å². The first kappa shape index (κ1) is 8.68. The fourth-order valence-electron chi connectivity index (χ4n) is 0.846. The van der Waals surface area contributed by atoms with E-state index in [2.05, 4.69) is 20.9 Å². The molecule has 3 heteroatoms. The van der Waals surface area contributed by atoms with E-state index in [9.17, 15) is 0 Å². The van der Waals surface area contributed by atoms with Crippen molar-refractivity contribution < 1.29 is 5.11 Å². The Bertz CT molecular complexity index is 227. The van der Waals surface area contributed by atoms with Gasteiger partial charge in [-0.2, -0.15) is 0 Å². The van der Waals surface area contributed by atoms with Crippen LogP contribution in [-0.2, 0) is 6.42 Å². The van der Waals surface area contributed by atoms with Crippen molar-refractivity contribution in [3.8, 4) is 0 Å². The third-order valence-electron chi connectivity index (χ3n) is 1.37. The molecule has 0 saturated heterocycles. The van der Waals surface area contributed by atoms with Crippen LogP contribution in [0.25, 0.3) is 0 Å². The van der Waals surface area contributed by atoms with Crippen LogP contribution in [0.2, 0.25) is 0 Å². The smallest absolute Gasteiger partial charge is 0.0434 e. The summed E-state index contributed by atoms with van der Waals surface area (Å²) in [4.78, 5) is 4.14. The van der Waals surface area contributed by atoms with Crippen molar-refractivity contribution in [3.63, 3.8) is 0 Å². The molecule has 0 spiro atoms. The molecule has 0 amide bonds. The number of hydrogen-bond donors (Lipinski definition) is 1. The Kier molecular flexibility index (Phi) is 3.52. The zero-order valence-electron chi connectivity index (χ0n) is 6.13. The van der Waals surface area contributed by atoms with Crippen LogP contribution in [0.3, 0.4) is 0 Å². The molecule has 0 aliphatic rings. The maximum absolute atomic E-state index is 8.56. The van der Waals surface area contributed by atoms with Crippen LogP contribution in [0.5, 0.6) is 0 Å². The number of aliphatic hydroxyl groups excluding tert-OH is 1. The molecule has 0 aliphatic heterocycles. The molecule has 0 fully saturated rings. The number of pyridine rings is 1. The zero-order chi connectivity index (χ0) is 8.10. The molecule has 0 unspecified atom stereocenters. The number of hydrogen-bond acceptors (Lipinski definition) is 2. The molecule has 0 saturated carbocycles. The molecule has 1 N–H and O–H groups in total. The molecule has 0 atom stereocenters. The Morgan fingerprint density at radius 3 is 3.00 bits per heavy atom. The molecule has 1 aromatic heterocycles. The molecule has 0 aliphatic carbocycles. The summed E-state index contributed by atoms with van der Waals surface area (Å²) >= 11 is 3.35. The van der Waals surface area contributed by atoms with Crippen molar-refractivity contribution in [1.82, 2.24) is 4.98 Å². The topological polar surface area (TPSA) is 33.1 Å². The minimum absolute atomic E-state index is 0.230. The second kappa shape index (κ2) is 4.46. The van der Waals surface area contributed by atoms with E-state index in [4.69, 9.17) is 5.11 Å². The van der Waals surface area contributed by atoms with Gasteiger partial charge in [0.2, 0.25) is 0 Å². The van der Waals surface area contributed by atoms with E-state index in [1.165, 1.54) is 0 Å². The standard InChI is InChI=1S/C8H10BrNO/c9-7-3-4-10-8(6-7)2-1-5-11/h3-4,6,11H,1-2,5H2. The van der Waals surface area contributed by atoms with Crippen LogP contribution >= 0.6 is 15.9 Å². The third-order valence-corrected chi connectivity index (χ3v) is 1.86. The normalized spacial score (nSPS) is 10.0. The number of aryl methyl sites for hydroxylation is 1. The first-order valence-corrected chi connectivity index (χ1v) is 4.33. The van der Waals surface area contributed by atoms with Gasteiger partial charge in [0.25, 0.3) is 0 Å². The van der Waals surface area contributed by atoms with Gasteiger partial charge in [0.05, 0.1) is 0 Å². The Balaban J connectivity index is 2.56. The predicted molar refractivity (Wildman–Crippen MR) is 47.3 cm³/mol. The van der Waals surface area contributed by atoms with E-state index in [1.54, 1.807) is 6.20 Å². The van der Waals surface area contributed by atoms with Gasteiger partial charge < -0.3 is 5.11 Å². The van der Waals surface area contributed by atoms with Gasteiger partial charge in [-0.3, -0.25) is 4.98 Å². The third kappa shape index (κ3) is 2.99. The lowest BCUT2D eigenvalue weighted by Crippen LogP contribution is -1.91. The van der Waals surface area contributed by atoms with E-state index in [-0.39, 0.29) is 6.61 Å². The van der Waals surface area contributed by atoms with Gasteiger partial charge in [0.15, 0.2) is 0 Å². The maximum Gasteiger partial charge on any atom is 0.0434 e. The number of rotatable bonds is 3. The van der Waals surface area contributed by atoms with E-state index in [0.717, 1.165) is 23.0 Å². The summed E-state index contributed by atoms with van der Waals surface area (Å²) in [5.74, 6) is 0. The molecule has 11 heavy (non-hydrogen) atoms. The average molecular weight is 216 g/mol. The minimum Gasteiger partial charge on any atom is -0.396 e. The molecular formula is C8H10BrNO. The van der Waals surface area contributed by atoms with E-state index in [0.29, 0.717) is 0 Å². The average Bonchev–Trinajstić information content (AvgIpc) is 2.01. The Morgan fingerprint density at radius 2 is 2.36 bits per heavy atom. The fourth-order valence-corrected chi connectivity index (χ4v) is 1.23. The second-order valence-electron chi connectivity index (χ2n) is 2.29. The highest BCUT2D eigenvalue weighted by molar-refractivity contribution is 9.10. The molecule has 60 valence electrons. The largest absolute Gasteiger partial charge is 0.396 e. The van der Waals surface area contributed by atoms with Gasteiger partial charge in [-0.1, -0.05) is 15.9 Å². The molecule has 1 rings (SSSR count). The first-order chi connectivity index (χ1) is 5.33. The Hall–Kier alpha value is -0.410. The number of aliphatic hydroxyl groups is 1. The SMILES string of the molecule is OCCCc1cc(Br)ccn1. The van der Waals surface area contributed by atoms with Crippen LogP contribution in [0.15, 0.2) is 22.8 Å². The highest BCUT2D eigenvalue weighted by Gasteiger charge is 1.93. The van der Waals surface area contributed by atoms with Gasteiger partial charge in [-0.25, -0.2) is 0 Å². The van der Waals surface area contributed by atoms with Gasteiger partial charge >= 0.3 is 0 Å². The highest BCUT2D eigenvalue weighted by Crippen LogP contribution is 2.09. The lowest BCUT2D eigenvalue weighted by Gasteiger charge is -1.97. The molecule has 2 nitrogen and oxygen atoms in total. The van der Waals surface area contributed by atoms with E-state index in [1.807, 2.05) is 12.1 Å². The van der Waals surface area contributed by atoms with Gasteiger partial charge in [0.1, 0.15) is 0 Å². The van der Waals surface area contributed by atoms with Crippen LogP contribution in [0.1, 0.15) is 12.1 Å². The number of aromatic nitrogens is 1. The van der Waals surface area contributed by atoms with Crippen molar-refractivity contribution in [1.29, 1.82) is 0 Å². The summed E-state index contributed by atoms with van der Waals surface area (Å²) in [5, 5.41) is 8.56. The molecule has 1 heterocycles. The predicted octanol–water partition coefficient (Wildman–Crippen LogP) is 1.77. The molecule has 0 radical (unpaired) electrons. The quantitative estimate of drug-likeness (QED) is 0.835. The summed E-state index contributed by atoms with van der Waals surface area (Å²) in [5.41, 5.74) is 1.02. The lowest BCUT2D eigenvalue weighted by atomic mass is 10.2. The minimum atomic E-state index is 0.230. The van der Waals surface area contributed by atoms with Crippen LogP contribution in [0.4, 0.5) is 0 Å². The van der Waals surface area contributed by atoms with Crippen molar-refractivity contribution in [2.24, 2.45) is 0 Å².